The summed E-state index contributed by atoms with van der Waals surface area (Å²) in [6.07, 6.45) is 0. The number of nitrogens with zero attached hydrogens (tertiary/aromatic N) is 2. The van der Waals surface area contributed by atoms with E-state index in [1.807, 2.05) is 0 Å². The van der Waals surface area contributed by atoms with Crippen molar-refractivity contribution >= 4 is 22.4 Å². The van der Waals surface area contributed by atoms with Crippen LogP contribution in [-0.4, -0.2) is 15.3 Å². The smallest absolute Gasteiger partial charge is 0.266 e. The molecule has 5 nitrogen and oxygen atoms in total. The van der Waals surface area contributed by atoms with Crippen LogP contribution < -0.4 is 10.9 Å². The second-order valence-electron chi connectivity index (χ2n) is 6.78. The van der Waals surface area contributed by atoms with E-state index < -0.39 is 11.6 Å². The first-order chi connectivity index (χ1) is 14.0. The summed E-state index contributed by atoms with van der Waals surface area (Å²) in [5, 5.41) is 3.54. The van der Waals surface area contributed by atoms with Crippen molar-refractivity contribution in [2.75, 3.05) is 5.32 Å². The minimum absolute atomic E-state index is 0.0289. The number of rotatable bonds is 3. The Morgan fingerprint density at radius 3 is 2.45 bits per heavy atom. The van der Waals surface area contributed by atoms with Crippen molar-refractivity contribution in [2.45, 2.75) is 6.54 Å². The summed E-state index contributed by atoms with van der Waals surface area (Å²) in [4.78, 5) is 30.0. The van der Waals surface area contributed by atoms with E-state index in [-0.39, 0.29) is 22.8 Å². The van der Waals surface area contributed by atoms with Crippen LogP contribution in [0.25, 0.3) is 16.6 Å². The molecule has 1 aliphatic rings. The molecule has 0 spiro atoms. The van der Waals surface area contributed by atoms with Crippen molar-refractivity contribution in [3.8, 4) is 5.69 Å². The molecule has 4 aromatic rings. The second kappa shape index (κ2) is 6.34. The molecule has 1 N–H and O–H groups in total. The Labute approximate surface area is 163 Å². The molecule has 0 saturated heterocycles. The molecular weight excluding hydrogens is 376 g/mol. The van der Waals surface area contributed by atoms with Gasteiger partial charge in [0, 0.05) is 12.2 Å². The number of nitrogens with one attached hydrogen (secondary N) is 1. The minimum atomic E-state index is -0.546. The van der Waals surface area contributed by atoms with E-state index in [0.29, 0.717) is 28.8 Å². The zero-order valence-electron chi connectivity index (χ0n) is 14.9. The van der Waals surface area contributed by atoms with Gasteiger partial charge in [-0.25, -0.2) is 13.8 Å². The highest BCUT2D eigenvalue weighted by Crippen LogP contribution is 2.27. The summed E-state index contributed by atoms with van der Waals surface area (Å²) in [5.74, 6) is -1.36. The molecule has 142 valence electrons. The lowest BCUT2D eigenvalue weighted by molar-refractivity contribution is 0.103. The minimum Gasteiger partial charge on any atom is -0.381 e. The molecule has 0 atom stereocenters. The zero-order valence-corrected chi connectivity index (χ0v) is 14.9. The molecule has 0 radical (unpaired) electrons. The number of anilines is 1. The molecule has 0 aliphatic carbocycles. The van der Waals surface area contributed by atoms with Gasteiger partial charge in [0.2, 0.25) is 5.78 Å². The highest BCUT2D eigenvalue weighted by molar-refractivity contribution is 6.13. The maximum atomic E-state index is 13.5. The van der Waals surface area contributed by atoms with Crippen molar-refractivity contribution in [3.63, 3.8) is 0 Å². The van der Waals surface area contributed by atoms with Gasteiger partial charge in [0.1, 0.15) is 11.6 Å². The van der Waals surface area contributed by atoms with Gasteiger partial charge in [-0.1, -0.05) is 12.1 Å². The summed E-state index contributed by atoms with van der Waals surface area (Å²) in [7, 11) is 0. The first-order valence-electron chi connectivity index (χ1n) is 8.91. The Balaban J connectivity index is 1.54. The predicted octanol–water partition coefficient (Wildman–Crippen LogP) is 3.82. The quantitative estimate of drug-likeness (QED) is 0.510. The van der Waals surface area contributed by atoms with Crippen LogP contribution in [0.15, 0.2) is 65.5 Å². The molecule has 5 rings (SSSR count). The third kappa shape index (κ3) is 2.79. The first-order valence-corrected chi connectivity index (χ1v) is 8.91. The number of hydrogen-bond donors (Lipinski definition) is 1. The average molecular weight is 389 g/mol. The average Bonchev–Trinajstić information content (AvgIpc) is 2.99. The van der Waals surface area contributed by atoms with Gasteiger partial charge in [0.15, 0.2) is 5.82 Å². The molecular formula is C22H13F2N3O2. The van der Waals surface area contributed by atoms with Gasteiger partial charge in [-0.2, -0.15) is 0 Å². The molecule has 7 heteroatoms. The van der Waals surface area contributed by atoms with Gasteiger partial charge in [0.25, 0.3) is 5.56 Å². The number of hydrogen-bond acceptors (Lipinski definition) is 4. The molecule has 0 saturated carbocycles. The van der Waals surface area contributed by atoms with Crippen LogP contribution in [0.4, 0.5) is 14.5 Å². The van der Waals surface area contributed by atoms with Crippen molar-refractivity contribution in [3.05, 3.63) is 99.6 Å². The summed E-state index contributed by atoms with van der Waals surface area (Å²) in [6.45, 7) is 0.458. The van der Waals surface area contributed by atoms with E-state index in [2.05, 4.69) is 10.3 Å². The highest BCUT2D eigenvalue weighted by Gasteiger charge is 2.30. The van der Waals surface area contributed by atoms with E-state index in [1.165, 1.54) is 28.8 Å². The van der Waals surface area contributed by atoms with Crippen LogP contribution in [0.1, 0.15) is 21.7 Å². The van der Waals surface area contributed by atoms with E-state index in [9.17, 15) is 18.4 Å². The maximum Gasteiger partial charge on any atom is 0.266 e. The normalized spacial score (nSPS) is 12.1. The first kappa shape index (κ1) is 17.2. The van der Waals surface area contributed by atoms with Gasteiger partial charge >= 0.3 is 0 Å². The van der Waals surface area contributed by atoms with Crippen molar-refractivity contribution < 1.29 is 13.6 Å². The van der Waals surface area contributed by atoms with Crippen LogP contribution in [0.3, 0.4) is 0 Å². The predicted molar refractivity (Wildman–Crippen MR) is 104 cm³/mol. The molecule has 0 unspecified atom stereocenters. The van der Waals surface area contributed by atoms with Gasteiger partial charge in [-0.05, 0) is 54.1 Å². The maximum absolute atomic E-state index is 13.5. The topological polar surface area (TPSA) is 64.0 Å². The molecule has 0 fully saturated rings. The van der Waals surface area contributed by atoms with Crippen molar-refractivity contribution in [1.29, 1.82) is 0 Å². The Bertz CT molecular complexity index is 1360. The molecule has 0 amide bonds. The van der Waals surface area contributed by atoms with Crippen molar-refractivity contribution in [2.24, 2.45) is 0 Å². The summed E-state index contributed by atoms with van der Waals surface area (Å²) < 4.78 is 27.8. The molecule has 29 heavy (non-hydrogen) atoms. The van der Waals surface area contributed by atoms with E-state index in [1.54, 1.807) is 30.3 Å². The molecule has 0 bridgehead atoms. The van der Waals surface area contributed by atoms with Crippen LogP contribution in [0.2, 0.25) is 0 Å². The van der Waals surface area contributed by atoms with E-state index in [4.69, 9.17) is 0 Å². The Morgan fingerprint density at radius 2 is 1.66 bits per heavy atom. The monoisotopic (exact) mass is 389 g/mol. The van der Waals surface area contributed by atoms with Crippen molar-refractivity contribution in [1.82, 2.24) is 9.55 Å². The fourth-order valence-corrected chi connectivity index (χ4v) is 3.48. The fourth-order valence-electron chi connectivity index (χ4n) is 3.48. The number of benzene rings is 3. The summed E-state index contributed by atoms with van der Waals surface area (Å²) >= 11 is 0. The number of carbonyl (C=O) groups is 1. The lowest BCUT2D eigenvalue weighted by Crippen LogP contribution is -2.21. The van der Waals surface area contributed by atoms with Crippen LogP contribution in [-0.2, 0) is 6.54 Å². The SMILES string of the molecule is O=C1c2cc(F)ccc2-n2c1nc1cc(NCc3ccc(F)cc3)ccc1c2=O. The lowest BCUT2D eigenvalue weighted by atomic mass is 10.1. The molecule has 1 aliphatic heterocycles. The number of carbonyl (C=O) groups excluding carboxylic acids is 1. The van der Waals surface area contributed by atoms with Gasteiger partial charge in [-0.3, -0.25) is 14.2 Å². The Kier molecular flexibility index (Phi) is 3.77. The van der Waals surface area contributed by atoms with Crippen LogP contribution in [0.5, 0.6) is 0 Å². The van der Waals surface area contributed by atoms with Gasteiger partial charge in [-0.15, -0.1) is 0 Å². The summed E-state index contributed by atoms with van der Waals surface area (Å²) in [5.41, 5.74) is 2.04. The second-order valence-corrected chi connectivity index (χ2v) is 6.78. The zero-order chi connectivity index (χ0) is 20.1. The standard InChI is InChI=1S/C22H13F2N3O2/c23-13-3-1-12(2-4-13)11-25-15-6-7-16-18(10-15)26-21-20(28)17-9-14(24)5-8-19(17)27(21)22(16)29/h1-10,25H,11H2. The van der Waals surface area contributed by atoms with E-state index >= 15 is 0 Å². The molecule has 2 heterocycles. The molecule has 1 aromatic heterocycles. The van der Waals surface area contributed by atoms with E-state index in [0.717, 1.165) is 11.6 Å². The number of aromatic nitrogens is 2. The molecule has 3 aromatic carbocycles. The Hall–Kier alpha value is -3.87. The number of fused-ring (bicyclic) bond motifs is 4. The van der Waals surface area contributed by atoms with Gasteiger partial charge < -0.3 is 5.32 Å². The number of halogens is 2. The van der Waals surface area contributed by atoms with Crippen LogP contribution >= 0.6 is 0 Å². The Morgan fingerprint density at radius 1 is 0.897 bits per heavy atom. The fraction of sp³-hybridized carbons (Fsp3) is 0.0455. The summed E-state index contributed by atoms with van der Waals surface area (Å²) in [6, 6.07) is 14.9. The largest absolute Gasteiger partial charge is 0.381 e. The van der Waals surface area contributed by atoms with Crippen LogP contribution in [0, 0.1) is 11.6 Å². The number of ketones is 1. The third-order valence-corrected chi connectivity index (χ3v) is 4.93. The third-order valence-electron chi connectivity index (χ3n) is 4.93. The van der Waals surface area contributed by atoms with Gasteiger partial charge in [0.05, 0.1) is 22.2 Å². The highest BCUT2D eigenvalue weighted by atomic mass is 19.1. The lowest BCUT2D eigenvalue weighted by Gasteiger charge is -2.09.